The Morgan fingerprint density at radius 3 is 2.36 bits per heavy atom. The van der Waals surface area contributed by atoms with Gasteiger partial charge >= 0.3 is 0 Å². The van der Waals surface area contributed by atoms with Crippen molar-refractivity contribution < 1.29 is 9.59 Å². The number of carbonyl (C=O) groups is 2. The average Bonchev–Trinajstić information content (AvgIpc) is 2.75. The molecule has 2 aromatic carbocycles. The van der Waals surface area contributed by atoms with Crippen molar-refractivity contribution in [1.82, 2.24) is 9.80 Å². The van der Waals surface area contributed by atoms with Crippen molar-refractivity contribution >= 4 is 17.5 Å². The van der Waals surface area contributed by atoms with Crippen LogP contribution in [0, 0.1) is 0 Å². The fraction of sp³-hybridized carbons (Fsp3) is 0.391. The van der Waals surface area contributed by atoms with Crippen LogP contribution < -0.4 is 4.90 Å². The summed E-state index contributed by atoms with van der Waals surface area (Å²) in [5.74, 6) is 0.114. The van der Waals surface area contributed by atoms with Crippen molar-refractivity contribution in [3.05, 3.63) is 65.7 Å². The van der Waals surface area contributed by atoms with E-state index in [0.29, 0.717) is 26.1 Å². The van der Waals surface area contributed by atoms with Crippen LogP contribution in [0.4, 0.5) is 5.69 Å². The Labute approximate surface area is 166 Å². The minimum atomic E-state index is -0.485. The lowest BCUT2D eigenvalue weighted by Gasteiger charge is -2.42. The van der Waals surface area contributed by atoms with Crippen LogP contribution in [0.2, 0.25) is 0 Å². The zero-order valence-corrected chi connectivity index (χ0v) is 16.4. The highest BCUT2D eigenvalue weighted by Gasteiger charge is 2.39. The third-order valence-electron chi connectivity index (χ3n) is 5.73. The normalized spacial score (nSPS) is 19.5. The zero-order valence-electron chi connectivity index (χ0n) is 16.4. The van der Waals surface area contributed by atoms with Gasteiger partial charge in [0.1, 0.15) is 6.04 Å². The van der Waals surface area contributed by atoms with E-state index in [1.807, 2.05) is 54.3 Å². The number of anilines is 1. The van der Waals surface area contributed by atoms with Gasteiger partial charge in [0.05, 0.1) is 6.42 Å². The first-order valence-corrected chi connectivity index (χ1v) is 10.1. The maximum atomic E-state index is 13.5. The molecule has 2 aromatic rings. The van der Waals surface area contributed by atoms with Crippen molar-refractivity contribution in [3.8, 4) is 0 Å². The van der Waals surface area contributed by atoms with Crippen LogP contribution in [0.25, 0.3) is 0 Å². The monoisotopic (exact) mass is 377 g/mol. The van der Waals surface area contributed by atoms with Gasteiger partial charge in [-0.1, -0.05) is 49.4 Å². The van der Waals surface area contributed by atoms with Gasteiger partial charge in [-0.3, -0.25) is 9.59 Å². The maximum Gasteiger partial charge on any atom is 0.250 e. The fourth-order valence-corrected chi connectivity index (χ4v) is 4.30. The number of amides is 2. The highest BCUT2D eigenvalue weighted by molar-refractivity contribution is 5.92. The maximum absolute atomic E-state index is 13.5. The predicted molar refractivity (Wildman–Crippen MR) is 110 cm³/mol. The molecule has 0 N–H and O–H groups in total. The number of benzene rings is 2. The minimum Gasteiger partial charge on any atom is -0.368 e. The van der Waals surface area contributed by atoms with E-state index in [1.165, 1.54) is 5.69 Å². The van der Waals surface area contributed by atoms with Crippen LogP contribution in [0.15, 0.2) is 54.6 Å². The van der Waals surface area contributed by atoms with Crippen LogP contribution in [0.3, 0.4) is 0 Å². The molecule has 0 aliphatic carbocycles. The Bertz CT molecular complexity index is 844. The lowest BCUT2D eigenvalue weighted by molar-refractivity contribution is -0.147. The van der Waals surface area contributed by atoms with Crippen molar-refractivity contribution in [2.45, 2.75) is 25.8 Å². The lowest BCUT2D eigenvalue weighted by Crippen LogP contribution is -2.54. The summed E-state index contributed by atoms with van der Waals surface area (Å²) in [6.07, 6.45) is 1.24. The summed E-state index contributed by atoms with van der Waals surface area (Å²) in [5, 5.41) is 0. The number of fused-ring (bicyclic) bond motifs is 1. The second-order valence-corrected chi connectivity index (χ2v) is 7.51. The first-order valence-electron chi connectivity index (χ1n) is 10.1. The van der Waals surface area contributed by atoms with Crippen LogP contribution >= 0.6 is 0 Å². The molecule has 2 aliphatic heterocycles. The van der Waals surface area contributed by atoms with Crippen LogP contribution in [-0.2, 0) is 16.0 Å². The molecule has 2 heterocycles. The van der Waals surface area contributed by atoms with E-state index in [0.717, 1.165) is 30.6 Å². The topological polar surface area (TPSA) is 43.9 Å². The summed E-state index contributed by atoms with van der Waals surface area (Å²) in [6.45, 7) is 5.65. The van der Waals surface area contributed by atoms with Gasteiger partial charge in [-0.15, -0.1) is 0 Å². The molecule has 0 saturated carbocycles. The minimum absolute atomic E-state index is 0.0571. The standard InChI is InChI=1S/C23H27N3O2/c1-2-12-26-21(27)17-18-8-6-7-11-20(18)22(26)23(28)25-15-13-24(14-16-25)19-9-4-3-5-10-19/h3-11,22H,2,12-17H2,1H3. The van der Waals surface area contributed by atoms with Gasteiger partial charge < -0.3 is 14.7 Å². The molecule has 5 nitrogen and oxygen atoms in total. The highest BCUT2D eigenvalue weighted by Crippen LogP contribution is 2.32. The molecule has 2 amide bonds. The van der Waals surface area contributed by atoms with Gasteiger partial charge in [-0.05, 0) is 29.7 Å². The number of carbonyl (C=O) groups excluding carboxylic acids is 2. The second kappa shape index (κ2) is 8.05. The van der Waals surface area contributed by atoms with Gasteiger partial charge in [-0.25, -0.2) is 0 Å². The van der Waals surface area contributed by atoms with Crippen molar-refractivity contribution in [1.29, 1.82) is 0 Å². The van der Waals surface area contributed by atoms with Gasteiger partial charge in [0.2, 0.25) is 11.8 Å². The van der Waals surface area contributed by atoms with E-state index < -0.39 is 6.04 Å². The Morgan fingerprint density at radius 1 is 0.964 bits per heavy atom. The summed E-state index contributed by atoms with van der Waals surface area (Å²) < 4.78 is 0. The average molecular weight is 377 g/mol. The molecule has 1 fully saturated rings. The Kier molecular flexibility index (Phi) is 5.33. The van der Waals surface area contributed by atoms with Gasteiger partial charge in [-0.2, -0.15) is 0 Å². The number of nitrogens with zero attached hydrogens (tertiary/aromatic N) is 3. The van der Waals surface area contributed by atoms with Crippen molar-refractivity contribution in [3.63, 3.8) is 0 Å². The van der Waals surface area contributed by atoms with E-state index in [2.05, 4.69) is 17.0 Å². The Morgan fingerprint density at radius 2 is 1.64 bits per heavy atom. The molecular weight excluding hydrogens is 350 g/mol. The molecule has 0 radical (unpaired) electrons. The molecule has 1 atom stereocenters. The van der Waals surface area contributed by atoms with Crippen LogP contribution in [-0.4, -0.2) is 54.3 Å². The largest absolute Gasteiger partial charge is 0.368 e. The van der Waals surface area contributed by atoms with E-state index in [9.17, 15) is 9.59 Å². The highest BCUT2D eigenvalue weighted by atomic mass is 16.2. The quantitative estimate of drug-likeness (QED) is 0.823. The lowest BCUT2D eigenvalue weighted by atomic mass is 9.91. The molecule has 1 unspecified atom stereocenters. The smallest absolute Gasteiger partial charge is 0.250 e. The van der Waals surface area contributed by atoms with Crippen LogP contribution in [0.5, 0.6) is 0 Å². The summed E-state index contributed by atoms with van der Waals surface area (Å²) in [5.41, 5.74) is 3.17. The SMILES string of the molecule is CCCN1C(=O)Cc2ccccc2C1C(=O)N1CCN(c2ccccc2)CC1. The number of hydrogen-bond acceptors (Lipinski definition) is 3. The second-order valence-electron chi connectivity index (χ2n) is 7.51. The van der Waals surface area contributed by atoms with Gasteiger partial charge in [0.15, 0.2) is 0 Å². The molecule has 0 aromatic heterocycles. The summed E-state index contributed by atoms with van der Waals surface area (Å²) in [6, 6.07) is 17.7. The number of hydrogen-bond donors (Lipinski definition) is 0. The molecule has 2 aliphatic rings. The Hall–Kier alpha value is -2.82. The third kappa shape index (κ3) is 3.49. The van der Waals surface area contributed by atoms with E-state index in [4.69, 9.17) is 0 Å². The first-order chi connectivity index (χ1) is 13.7. The molecule has 146 valence electrons. The molecule has 0 bridgehead atoms. The third-order valence-corrected chi connectivity index (χ3v) is 5.73. The molecule has 4 rings (SSSR count). The van der Waals surface area contributed by atoms with Crippen molar-refractivity contribution in [2.24, 2.45) is 0 Å². The molecular formula is C23H27N3O2. The summed E-state index contributed by atoms with van der Waals surface area (Å²) in [4.78, 5) is 32.3. The molecule has 1 saturated heterocycles. The van der Waals surface area contributed by atoms with E-state index >= 15 is 0 Å². The summed E-state index contributed by atoms with van der Waals surface area (Å²) >= 11 is 0. The summed E-state index contributed by atoms with van der Waals surface area (Å²) in [7, 11) is 0. The van der Waals surface area contributed by atoms with E-state index in [-0.39, 0.29) is 11.8 Å². The van der Waals surface area contributed by atoms with Gasteiger partial charge in [0, 0.05) is 38.4 Å². The molecule has 5 heteroatoms. The van der Waals surface area contributed by atoms with E-state index in [1.54, 1.807) is 4.90 Å². The molecule has 28 heavy (non-hydrogen) atoms. The van der Waals surface area contributed by atoms with Crippen LogP contribution in [0.1, 0.15) is 30.5 Å². The zero-order chi connectivity index (χ0) is 19.5. The first kappa shape index (κ1) is 18.5. The predicted octanol–water partition coefficient (Wildman–Crippen LogP) is 2.87. The number of rotatable bonds is 4. The fourth-order valence-electron chi connectivity index (χ4n) is 4.30. The Balaban J connectivity index is 1.54. The van der Waals surface area contributed by atoms with Crippen molar-refractivity contribution in [2.75, 3.05) is 37.6 Å². The number of piperazine rings is 1. The number of para-hydroxylation sites is 1. The van der Waals surface area contributed by atoms with Gasteiger partial charge in [0.25, 0.3) is 0 Å². The molecule has 0 spiro atoms.